The average Bonchev–Trinajstić information content (AvgIpc) is 3.25. The highest BCUT2D eigenvalue weighted by atomic mass is 35.5. The molecule has 2 aromatic heterocycles. The molecule has 3 aromatic rings. The largest absolute Gasteiger partial charge is 0.370 e. The van der Waals surface area contributed by atoms with Gasteiger partial charge in [-0.15, -0.1) is 0 Å². The molecule has 2 N–H and O–H groups in total. The number of hydrogen-bond donors (Lipinski definition) is 2. The molecule has 128 valence electrons. The van der Waals surface area contributed by atoms with Gasteiger partial charge in [0.15, 0.2) is 11.0 Å². The second kappa shape index (κ2) is 6.42. The molecule has 1 amide bonds. The van der Waals surface area contributed by atoms with Crippen LogP contribution in [0.5, 0.6) is 0 Å². The van der Waals surface area contributed by atoms with Crippen LogP contribution in [0.25, 0.3) is 11.0 Å². The highest BCUT2D eigenvalue weighted by Crippen LogP contribution is 2.28. The molecular weight excluding hydrogens is 347 g/mol. The van der Waals surface area contributed by atoms with E-state index in [-0.39, 0.29) is 16.8 Å². The molecule has 6 nitrogen and oxygen atoms in total. The van der Waals surface area contributed by atoms with Crippen LogP contribution in [0.2, 0.25) is 5.15 Å². The van der Waals surface area contributed by atoms with Gasteiger partial charge in [-0.2, -0.15) is 0 Å². The molecule has 0 saturated carbocycles. The van der Waals surface area contributed by atoms with Crippen LogP contribution in [-0.2, 0) is 4.74 Å². The first-order valence-corrected chi connectivity index (χ1v) is 8.22. The van der Waals surface area contributed by atoms with E-state index >= 15 is 0 Å². The van der Waals surface area contributed by atoms with E-state index in [0.717, 1.165) is 36.3 Å². The molecule has 1 aromatic carbocycles. The van der Waals surface area contributed by atoms with Gasteiger partial charge in [-0.05, 0) is 37.1 Å². The van der Waals surface area contributed by atoms with E-state index in [0.29, 0.717) is 5.69 Å². The average molecular weight is 361 g/mol. The number of benzene rings is 1. The highest BCUT2D eigenvalue weighted by molar-refractivity contribution is 6.30. The molecule has 1 fully saturated rings. The van der Waals surface area contributed by atoms with Crippen molar-refractivity contribution in [3.63, 3.8) is 0 Å². The van der Waals surface area contributed by atoms with E-state index in [1.165, 1.54) is 12.3 Å². The van der Waals surface area contributed by atoms with Crippen molar-refractivity contribution in [1.82, 2.24) is 15.0 Å². The van der Waals surface area contributed by atoms with Crippen LogP contribution in [0.1, 0.15) is 35.1 Å². The second-order valence-corrected chi connectivity index (χ2v) is 6.13. The van der Waals surface area contributed by atoms with Crippen molar-refractivity contribution in [3.05, 3.63) is 52.8 Å². The molecule has 3 heterocycles. The summed E-state index contributed by atoms with van der Waals surface area (Å²) in [6.07, 6.45) is 3.22. The predicted molar refractivity (Wildman–Crippen MR) is 91.2 cm³/mol. The minimum absolute atomic E-state index is 0.0153. The minimum Gasteiger partial charge on any atom is -0.370 e. The van der Waals surface area contributed by atoms with Crippen molar-refractivity contribution in [2.24, 2.45) is 0 Å². The number of nitrogens with zero attached hydrogens (tertiary/aromatic N) is 2. The van der Waals surface area contributed by atoms with Gasteiger partial charge >= 0.3 is 0 Å². The SMILES string of the molecule is O=C(Nc1ccc2nc(C3CCCO3)[nH]c2c1)c1ccnc(Cl)c1F. The van der Waals surface area contributed by atoms with E-state index in [4.69, 9.17) is 16.3 Å². The number of rotatable bonds is 3. The molecule has 1 aliphatic heterocycles. The van der Waals surface area contributed by atoms with E-state index in [1.807, 2.05) is 0 Å². The first-order valence-electron chi connectivity index (χ1n) is 7.84. The molecule has 1 aliphatic rings. The fourth-order valence-corrected chi connectivity index (χ4v) is 3.00. The summed E-state index contributed by atoms with van der Waals surface area (Å²) in [7, 11) is 0. The Morgan fingerprint density at radius 3 is 3.08 bits per heavy atom. The number of H-pyrrole nitrogens is 1. The fraction of sp³-hybridized carbons (Fsp3) is 0.235. The first-order chi connectivity index (χ1) is 12.1. The Morgan fingerprint density at radius 1 is 1.40 bits per heavy atom. The molecule has 0 radical (unpaired) electrons. The number of carbonyl (C=O) groups excluding carboxylic acids is 1. The van der Waals surface area contributed by atoms with Gasteiger partial charge in [0.1, 0.15) is 11.9 Å². The number of amides is 1. The summed E-state index contributed by atoms with van der Waals surface area (Å²) in [4.78, 5) is 23.6. The number of nitrogens with one attached hydrogen (secondary N) is 2. The summed E-state index contributed by atoms with van der Waals surface area (Å²) in [6.45, 7) is 0.739. The standard InChI is InChI=1S/C17H14ClFN4O2/c18-15-14(19)10(5-6-20-15)17(24)21-9-3-4-11-12(8-9)23-16(22-11)13-2-1-7-25-13/h3-6,8,13H,1-2,7H2,(H,21,24)(H,22,23). The Balaban J connectivity index is 1.59. The van der Waals surface area contributed by atoms with Crippen LogP contribution in [0.4, 0.5) is 10.1 Å². The molecule has 4 rings (SSSR count). The third-order valence-corrected chi connectivity index (χ3v) is 4.35. The van der Waals surface area contributed by atoms with E-state index in [2.05, 4.69) is 20.3 Å². The smallest absolute Gasteiger partial charge is 0.258 e. The monoisotopic (exact) mass is 360 g/mol. The maximum atomic E-state index is 13.9. The van der Waals surface area contributed by atoms with Crippen LogP contribution in [0, 0.1) is 5.82 Å². The number of aromatic amines is 1. The van der Waals surface area contributed by atoms with Crippen LogP contribution >= 0.6 is 11.6 Å². The number of carbonyl (C=O) groups is 1. The summed E-state index contributed by atoms with van der Waals surface area (Å²) in [5, 5.41) is 2.32. The Hall–Kier alpha value is -2.51. The number of imidazole rings is 1. The number of halogens is 2. The Morgan fingerprint density at radius 2 is 2.28 bits per heavy atom. The lowest BCUT2D eigenvalue weighted by Gasteiger charge is -2.06. The highest BCUT2D eigenvalue weighted by Gasteiger charge is 2.21. The molecule has 0 aliphatic carbocycles. The van der Waals surface area contributed by atoms with E-state index < -0.39 is 11.7 Å². The molecule has 25 heavy (non-hydrogen) atoms. The number of anilines is 1. The number of fused-ring (bicyclic) bond motifs is 1. The lowest BCUT2D eigenvalue weighted by Crippen LogP contribution is -2.14. The third kappa shape index (κ3) is 3.08. The van der Waals surface area contributed by atoms with Crippen molar-refractivity contribution in [1.29, 1.82) is 0 Å². The lowest BCUT2D eigenvalue weighted by molar-refractivity contribution is 0.102. The Bertz CT molecular complexity index is 953. The van der Waals surface area contributed by atoms with Crippen molar-refractivity contribution >= 4 is 34.2 Å². The van der Waals surface area contributed by atoms with Gasteiger partial charge in [-0.3, -0.25) is 4.79 Å². The van der Waals surface area contributed by atoms with Gasteiger partial charge in [0.25, 0.3) is 5.91 Å². The zero-order valence-electron chi connectivity index (χ0n) is 13.1. The van der Waals surface area contributed by atoms with Crippen molar-refractivity contribution in [2.75, 3.05) is 11.9 Å². The van der Waals surface area contributed by atoms with Gasteiger partial charge in [0.2, 0.25) is 0 Å². The van der Waals surface area contributed by atoms with Crippen LogP contribution in [0.3, 0.4) is 0 Å². The normalized spacial score (nSPS) is 17.1. The Labute approximate surface area is 147 Å². The quantitative estimate of drug-likeness (QED) is 0.695. The predicted octanol–water partition coefficient (Wildman–Crippen LogP) is 3.85. The lowest BCUT2D eigenvalue weighted by atomic mass is 10.2. The summed E-state index contributed by atoms with van der Waals surface area (Å²) in [5.41, 5.74) is 1.91. The zero-order chi connectivity index (χ0) is 17.4. The zero-order valence-corrected chi connectivity index (χ0v) is 13.8. The second-order valence-electron chi connectivity index (χ2n) is 5.77. The summed E-state index contributed by atoms with van der Waals surface area (Å²) in [6, 6.07) is 6.52. The first kappa shape index (κ1) is 16.0. The van der Waals surface area contributed by atoms with Gasteiger partial charge in [-0.25, -0.2) is 14.4 Å². The van der Waals surface area contributed by atoms with E-state index in [1.54, 1.807) is 18.2 Å². The maximum Gasteiger partial charge on any atom is 0.258 e. The maximum absolute atomic E-state index is 13.9. The summed E-state index contributed by atoms with van der Waals surface area (Å²) in [5.74, 6) is -0.659. The van der Waals surface area contributed by atoms with Gasteiger partial charge < -0.3 is 15.0 Å². The number of ether oxygens (including phenoxy) is 1. The topological polar surface area (TPSA) is 79.9 Å². The van der Waals surface area contributed by atoms with Gasteiger partial charge in [0, 0.05) is 18.5 Å². The molecule has 8 heteroatoms. The summed E-state index contributed by atoms with van der Waals surface area (Å²) < 4.78 is 19.5. The minimum atomic E-state index is -0.843. The van der Waals surface area contributed by atoms with Gasteiger partial charge in [0.05, 0.1) is 16.6 Å². The molecule has 0 bridgehead atoms. The number of pyridine rings is 1. The van der Waals surface area contributed by atoms with Crippen LogP contribution in [-0.4, -0.2) is 27.5 Å². The molecular formula is C17H14ClFN4O2. The number of hydrogen-bond acceptors (Lipinski definition) is 4. The van der Waals surface area contributed by atoms with E-state index in [9.17, 15) is 9.18 Å². The molecule has 1 atom stereocenters. The fourth-order valence-electron chi connectivity index (χ4n) is 2.84. The molecule has 0 spiro atoms. The third-order valence-electron chi connectivity index (χ3n) is 4.08. The van der Waals surface area contributed by atoms with Gasteiger partial charge in [-0.1, -0.05) is 11.6 Å². The van der Waals surface area contributed by atoms with Crippen molar-refractivity contribution in [2.45, 2.75) is 18.9 Å². The molecule has 1 unspecified atom stereocenters. The Kier molecular flexibility index (Phi) is 4.10. The van der Waals surface area contributed by atoms with Crippen molar-refractivity contribution in [3.8, 4) is 0 Å². The summed E-state index contributed by atoms with van der Waals surface area (Å²) >= 11 is 5.61. The van der Waals surface area contributed by atoms with Crippen molar-refractivity contribution < 1.29 is 13.9 Å². The molecule has 1 saturated heterocycles. The van der Waals surface area contributed by atoms with Crippen LogP contribution in [0.15, 0.2) is 30.5 Å². The number of aromatic nitrogens is 3. The van der Waals surface area contributed by atoms with Crippen LogP contribution < -0.4 is 5.32 Å².